The number of nitrogens with zero attached hydrogens (tertiary/aromatic N) is 1. The quantitative estimate of drug-likeness (QED) is 0.265. The molecule has 6 nitrogen and oxygen atoms in total. The molecule has 4 aromatic carbocycles. The Morgan fingerprint density at radius 1 is 0.818 bits per heavy atom. The molecule has 0 bridgehead atoms. The Kier molecular flexibility index (Phi) is 6.45. The molecule has 33 heavy (non-hydrogen) atoms. The molecular weight excluding hydrogens is 416 g/mol. The van der Waals surface area contributed by atoms with Crippen LogP contribution in [0.2, 0.25) is 0 Å². The van der Waals surface area contributed by atoms with Crippen molar-refractivity contribution in [2.75, 3.05) is 5.32 Å². The van der Waals surface area contributed by atoms with Crippen molar-refractivity contribution in [1.82, 2.24) is 0 Å². The summed E-state index contributed by atoms with van der Waals surface area (Å²) in [5, 5.41) is 14.4. The van der Waals surface area contributed by atoms with Crippen molar-refractivity contribution in [2.45, 2.75) is 12.8 Å². The van der Waals surface area contributed by atoms with Gasteiger partial charge in [0.1, 0.15) is 11.5 Å². The van der Waals surface area contributed by atoms with Crippen molar-refractivity contribution in [3.05, 3.63) is 130 Å². The number of non-ortho nitro benzene ring substituents is 1. The molecule has 0 aliphatic carbocycles. The first-order valence-electron chi connectivity index (χ1n) is 10.4. The minimum atomic E-state index is -0.576. The first kappa shape index (κ1) is 21.8. The van der Waals surface area contributed by atoms with Crippen molar-refractivity contribution in [3.8, 4) is 11.5 Å². The zero-order valence-electron chi connectivity index (χ0n) is 18.0. The van der Waals surface area contributed by atoms with Gasteiger partial charge in [0.15, 0.2) is 0 Å². The van der Waals surface area contributed by atoms with Gasteiger partial charge in [0.25, 0.3) is 5.69 Å². The minimum Gasteiger partial charge on any atom is -0.457 e. The Balaban J connectivity index is 1.67. The van der Waals surface area contributed by atoms with E-state index < -0.39 is 10.8 Å². The molecule has 164 valence electrons. The summed E-state index contributed by atoms with van der Waals surface area (Å²) in [4.78, 5) is 24.4. The molecule has 6 heteroatoms. The number of carbonyl (C=O) groups is 1. The van der Waals surface area contributed by atoms with E-state index in [9.17, 15) is 14.9 Å². The van der Waals surface area contributed by atoms with Crippen LogP contribution in [-0.2, 0) is 4.79 Å². The Bertz CT molecular complexity index is 1230. The van der Waals surface area contributed by atoms with Crippen molar-refractivity contribution in [3.63, 3.8) is 0 Å². The van der Waals surface area contributed by atoms with Gasteiger partial charge in [0.2, 0.25) is 5.91 Å². The molecule has 0 spiro atoms. The molecule has 0 radical (unpaired) electrons. The Morgan fingerprint density at radius 2 is 1.45 bits per heavy atom. The van der Waals surface area contributed by atoms with Crippen LogP contribution in [0.15, 0.2) is 103 Å². The van der Waals surface area contributed by atoms with E-state index in [0.29, 0.717) is 5.75 Å². The van der Waals surface area contributed by atoms with Gasteiger partial charge in [-0.25, -0.2) is 0 Å². The molecule has 4 rings (SSSR count). The number of hydrogen-bond donors (Lipinski definition) is 1. The zero-order valence-corrected chi connectivity index (χ0v) is 18.0. The molecule has 1 N–H and O–H groups in total. The predicted octanol–water partition coefficient (Wildman–Crippen LogP) is 6.47. The Labute approximate surface area is 191 Å². The van der Waals surface area contributed by atoms with E-state index in [-0.39, 0.29) is 23.0 Å². The van der Waals surface area contributed by atoms with Crippen LogP contribution in [-0.4, -0.2) is 10.8 Å². The van der Waals surface area contributed by atoms with Crippen molar-refractivity contribution in [1.29, 1.82) is 0 Å². The van der Waals surface area contributed by atoms with Gasteiger partial charge >= 0.3 is 0 Å². The molecule has 0 aliphatic heterocycles. The van der Waals surface area contributed by atoms with Crippen LogP contribution in [0.3, 0.4) is 0 Å². The molecular formula is C27H22N2O4. The highest BCUT2D eigenvalue weighted by Gasteiger charge is 2.23. The lowest BCUT2D eigenvalue weighted by Gasteiger charge is -2.18. The van der Waals surface area contributed by atoms with Gasteiger partial charge < -0.3 is 10.1 Å². The smallest absolute Gasteiger partial charge is 0.275 e. The number of nitro benzene ring substituents is 1. The number of aryl methyl sites for hydroxylation is 1. The van der Waals surface area contributed by atoms with E-state index in [4.69, 9.17) is 4.74 Å². The molecule has 1 amide bonds. The molecule has 4 aromatic rings. The van der Waals surface area contributed by atoms with Crippen LogP contribution in [0, 0.1) is 17.0 Å². The summed E-state index contributed by atoms with van der Waals surface area (Å²) >= 11 is 0. The second-order valence-corrected chi connectivity index (χ2v) is 7.63. The molecule has 0 fully saturated rings. The van der Waals surface area contributed by atoms with Crippen molar-refractivity contribution in [2.24, 2.45) is 0 Å². The number of benzene rings is 4. The number of carbonyl (C=O) groups excluding carboxylic acids is 1. The van der Waals surface area contributed by atoms with E-state index in [0.717, 1.165) is 16.7 Å². The monoisotopic (exact) mass is 438 g/mol. The molecule has 0 aliphatic rings. The lowest BCUT2D eigenvalue weighted by molar-refractivity contribution is -0.384. The van der Waals surface area contributed by atoms with Gasteiger partial charge in [0.05, 0.1) is 22.6 Å². The third kappa shape index (κ3) is 5.43. The van der Waals surface area contributed by atoms with Crippen LogP contribution in [0.4, 0.5) is 11.4 Å². The average molecular weight is 438 g/mol. The molecule has 0 unspecified atom stereocenters. The van der Waals surface area contributed by atoms with Gasteiger partial charge in [-0.1, -0.05) is 72.8 Å². The van der Waals surface area contributed by atoms with Crippen molar-refractivity contribution < 1.29 is 14.5 Å². The van der Waals surface area contributed by atoms with E-state index in [1.54, 1.807) is 12.1 Å². The number of rotatable bonds is 7. The topological polar surface area (TPSA) is 81.5 Å². The highest BCUT2D eigenvalue weighted by Crippen LogP contribution is 2.32. The summed E-state index contributed by atoms with van der Waals surface area (Å²) < 4.78 is 5.85. The second-order valence-electron chi connectivity index (χ2n) is 7.63. The van der Waals surface area contributed by atoms with Crippen LogP contribution in [0.1, 0.15) is 22.6 Å². The Morgan fingerprint density at radius 3 is 2.03 bits per heavy atom. The van der Waals surface area contributed by atoms with Gasteiger partial charge in [-0.2, -0.15) is 0 Å². The average Bonchev–Trinajstić information content (AvgIpc) is 2.80. The lowest BCUT2D eigenvalue weighted by atomic mass is 9.90. The second kappa shape index (κ2) is 9.78. The highest BCUT2D eigenvalue weighted by molar-refractivity contribution is 5.98. The SMILES string of the molecule is Cc1cccc(Oc2cc(NC(=O)C(c3ccccc3)c3ccccc3)cc([N+](=O)[O-])c2)c1. The fraction of sp³-hybridized carbons (Fsp3) is 0.0741. The zero-order chi connectivity index (χ0) is 23.2. The van der Waals surface area contributed by atoms with E-state index in [2.05, 4.69) is 5.32 Å². The summed E-state index contributed by atoms with van der Waals surface area (Å²) in [6.45, 7) is 1.93. The molecule has 0 saturated carbocycles. The molecule has 0 saturated heterocycles. The standard InChI is InChI=1S/C27H22N2O4/c1-19-9-8-14-24(15-19)33-25-17-22(16-23(18-25)29(31)32)28-27(30)26(20-10-4-2-5-11-20)21-12-6-3-7-13-21/h2-18,26H,1H3,(H,28,30). The molecule has 0 aromatic heterocycles. The third-order valence-electron chi connectivity index (χ3n) is 5.12. The lowest BCUT2D eigenvalue weighted by Crippen LogP contribution is -2.22. The summed E-state index contributed by atoms with van der Waals surface area (Å²) in [6.07, 6.45) is 0. The first-order valence-corrected chi connectivity index (χ1v) is 10.4. The molecule has 0 atom stereocenters. The Hall–Kier alpha value is -4.45. The maximum Gasteiger partial charge on any atom is 0.275 e. The minimum absolute atomic E-state index is 0.175. The van der Waals surface area contributed by atoms with Crippen LogP contribution in [0.25, 0.3) is 0 Å². The van der Waals surface area contributed by atoms with Crippen LogP contribution < -0.4 is 10.1 Å². The normalized spacial score (nSPS) is 10.6. The third-order valence-corrected chi connectivity index (χ3v) is 5.12. The number of nitrogens with one attached hydrogen (secondary N) is 1. The van der Waals surface area contributed by atoms with Gasteiger partial charge in [0, 0.05) is 12.1 Å². The fourth-order valence-corrected chi connectivity index (χ4v) is 3.64. The van der Waals surface area contributed by atoms with Crippen molar-refractivity contribution >= 4 is 17.3 Å². The number of nitro groups is 1. The van der Waals surface area contributed by atoms with Gasteiger partial charge in [-0.3, -0.25) is 14.9 Å². The van der Waals surface area contributed by atoms with Gasteiger partial charge in [-0.05, 0) is 35.7 Å². The van der Waals surface area contributed by atoms with Crippen LogP contribution >= 0.6 is 0 Å². The van der Waals surface area contributed by atoms with E-state index >= 15 is 0 Å². The maximum absolute atomic E-state index is 13.4. The number of ether oxygens (including phenoxy) is 1. The fourth-order valence-electron chi connectivity index (χ4n) is 3.64. The maximum atomic E-state index is 13.4. The number of anilines is 1. The first-order chi connectivity index (χ1) is 16.0. The van der Waals surface area contributed by atoms with E-state index in [1.165, 1.54) is 12.1 Å². The predicted molar refractivity (Wildman–Crippen MR) is 128 cm³/mol. The van der Waals surface area contributed by atoms with Crippen LogP contribution in [0.5, 0.6) is 11.5 Å². The molecule has 0 heterocycles. The van der Waals surface area contributed by atoms with Gasteiger partial charge in [-0.15, -0.1) is 0 Å². The highest BCUT2D eigenvalue weighted by atomic mass is 16.6. The largest absolute Gasteiger partial charge is 0.457 e. The number of hydrogen-bond acceptors (Lipinski definition) is 4. The number of amides is 1. The summed E-state index contributed by atoms with van der Waals surface area (Å²) in [7, 11) is 0. The summed E-state index contributed by atoms with van der Waals surface area (Å²) in [6, 6.07) is 30.4. The van der Waals surface area contributed by atoms with E-state index in [1.807, 2.05) is 85.8 Å². The summed E-state index contributed by atoms with van der Waals surface area (Å²) in [5.41, 5.74) is 2.76. The summed E-state index contributed by atoms with van der Waals surface area (Å²) in [5.74, 6) is -0.0532.